The van der Waals surface area contributed by atoms with Gasteiger partial charge in [-0.15, -0.1) is 5.10 Å². The predicted octanol–water partition coefficient (Wildman–Crippen LogP) is 2.51. The molecule has 3 heterocycles. The Morgan fingerprint density at radius 3 is 2.86 bits per heavy atom. The monoisotopic (exact) mass is 387 g/mol. The van der Waals surface area contributed by atoms with Gasteiger partial charge in [-0.25, -0.2) is 14.6 Å². The Labute approximate surface area is 165 Å². The number of imidazole rings is 1. The van der Waals surface area contributed by atoms with E-state index in [-0.39, 0.29) is 0 Å². The second-order valence-electron chi connectivity index (χ2n) is 6.70. The fraction of sp³-hybridized carbons (Fsp3) is 0.211. The van der Waals surface area contributed by atoms with Crippen LogP contribution in [0.4, 0.5) is 17.2 Å². The van der Waals surface area contributed by atoms with Gasteiger partial charge in [0.25, 0.3) is 0 Å². The summed E-state index contributed by atoms with van der Waals surface area (Å²) in [5, 5.41) is 24.9. The maximum atomic E-state index is 9.39. The van der Waals surface area contributed by atoms with E-state index in [1.165, 1.54) is 12.5 Å². The lowest BCUT2D eigenvalue weighted by Gasteiger charge is -2.14. The highest BCUT2D eigenvalue weighted by molar-refractivity contribution is 5.75. The van der Waals surface area contributed by atoms with Gasteiger partial charge in [0.05, 0.1) is 30.4 Å². The van der Waals surface area contributed by atoms with Crippen molar-refractivity contribution in [2.75, 3.05) is 17.7 Å². The van der Waals surface area contributed by atoms with Crippen molar-refractivity contribution < 1.29 is 4.74 Å². The summed E-state index contributed by atoms with van der Waals surface area (Å²) < 4.78 is 8.69. The van der Waals surface area contributed by atoms with Crippen LogP contribution in [0.3, 0.4) is 0 Å². The molecule has 1 aliphatic carbocycles. The van der Waals surface area contributed by atoms with Crippen LogP contribution in [0.5, 0.6) is 5.75 Å². The first-order chi connectivity index (χ1) is 14.2. The quantitative estimate of drug-likeness (QED) is 0.518. The number of nitrogens with one attached hydrogen (secondary N) is 2. The standard InChI is InChI=1S/C19H17N9O/c1-29-17-5-4-13(27-11-21-10-23-27)6-15(17)25-18-7-16(24-12-2-3-12)19-22-9-14(8-20)28(19)26-18/h4-7,9-12,24H,2-3H2,1H3,(H,25,26). The normalized spacial score (nSPS) is 13.2. The topological polar surface area (TPSA) is 118 Å². The van der Waals surface area contributed by atoms with Crippen molar-refractivity contribution in [2.45, 2.75) is 18.9 Å². The lowest BCUT2D eigenvalue weighted by molar-refractivity contribution is 0.416. The summed E-state index contributed by atoms with van der Waals surface area (Å²) in [5.41, 5.74) is 3.36. The highest BCUT2D eigenvalue weighted by Crippen LogP contribution is 2.32. The van der Waals surface area contributed by atoms with E-state index in [1.54, 1.807) is 22.6 Å². The van der Waals surface area contributed by atoms with Gasteiger partial charge in [0.1, 0.15) is 24.5 Å². The van der Waals surface area contributed by atoms with Crippen LogP contribution in [-0.4, -0.2) is 42.5 Å². The molecule has 0 atom stereocenters. The van der Waals surface area contributed by atoms with Crippen molar-refractivity contribution >= 4 is 22.8 Å². The van der Waals surface area contributed by atoms with Crippen molar-refractivity contribution in [3.63, 3.8) is 0 Å². The van der Waals surface area contributed by atoms with E-state index in [0.29, 0.717) is 34.6 Å². The molecule has 4 aromatic rings. The molecule has 1 saturated carbocycles. The van der Waals surface area contributed by atoms with Gasteiger partial charge in [0, 0.05) is 12.1 Å². The maximum Gasteiger partial charge on any atom is 0.178 e. The number of anilines is 3. The predicted molar refractivity (Wildman–Crippen MR) is 106 cm³/mol. The number of hydrogen-bond acceptors (Lipinski definition) is 8. The second-order valence-corrected chi connectivity index (χ2v) is 6.70. The number of rotatable bonds is 6. The number of aromatic nitrogens is 6. The molecule has 0 saturated heterocycles. The van der Waals surface area contributed by atoms with Gasteiger partial charge < -0.3 is 15.4 Å². The molecule has 0 radical (unpaired) electrons. The number of hydrogen-bond donors (Lipinski definition) is 2. The fourth-order valence-corrected chi connectivity index (χ4v) is 3.08. The Kier molecular flexibility index (Phi) is 3.98. The van der Waals surface area contributed by atoms with E-state index in [4.69, 9.17) is 4.74 Å². The summed E-state index contributed by atoms with van der Waals surface area (Å²) in [6.07, 6.45) is 6.87. The summed E-state index contributed by atoms with van der Waals surface area (Å²) in [6, 6.07) is 10.1. The molecular formula is C19H17N9O. The second kappa shape index (κ2) is 6.79. The van der Waals surface area contributed by atoms with Gasteiger partial charge >= 0.3 is 0 Å². The van der Waals surface area contributed by atoms with E-state index < -0.39 is 0 Å². The lowest BCUT2D eigenvalue weighted by atomic mass is 10.2. The maximum absolute atomic E-state index is 9.39. The Morgan fingerprint density at radius 2 is 2.14 bits per heavy atom. The summed E-state index contributed by atoms with van der Waals surface area (Å²) in [5.74, 6) is 1.21. The molecule has 29 heavy (non-hydrogen) atoms. The molecule has 2 N–H and O–H groups in total. The van der Waals surface area contributed by atoms with Crippen molar-refractivity contribution in [3.05, 3.63) is 48.8 Å². The van der Waals surface area contributed by atoms with Gasteiger partial charge in [-0.05, 0) is 31.0 Å². The largest absolute Gasteiger partial charge is 0.495 e. The SMILES string of the molecule is COc1ccc(-n2cncn2)cc1Nc1cc(NC2CC2)c2ncc(C#N)n2n1. The average Bonchev–Trinajstić information content (AvgIpc) is 3.22. The number of benzene rings is 1. The zero-order valence-corrected chi connectivity index (χ0v) is 15.6. The molecule has 144 valence electrons. The van der Waals surface area contributed by atoms with Gasteiger partial charge in [-0.3, -0.25) is 0 Å². The van der Waals surface area contributed by atoms with Gasteiger partial charge in [0.15, 0.2) is 17.2 Å². The number of methoxy groups -OCH3 is 1. The molecule has 1 aromatic carbocycles. The molecule has 10 heteroatoms. The van der Waals surface area contributed by atoms with E-state index >= 15 is 0 Å². The molecule has 0 unspecified atom stereocenters. The average molecular weight is 387 g/mol. The van der Waals surface area contributed by atoms with Crippen LogP contribution in [0.2, 0.25) is 0 Å². The Morgan fingerprint density at radius 1 is 1.24 bits per heavy atom. The van der Waals surface area contributed by atoms with Crippen LogP contribution in [-0.2, 0) is 0 Å². The highest BCUT2D eigenvalue weighted by Gasteiger charge is 2.23. The molecular weight excluding hydrogens is 370 g/mol. The summed E-state index contributed by atoms with van der Waals surface area (Å²) in [6.45, 7) is 0. The first-order valence-electron chi connectivity index (χ1n) is 9.10. The highest BCUT2D eigenvalue weighted by atomic mass is 16.5. The van der Waals surface area contributed by atoms with Crippen molar-refractivity contribution in [1.82, 2.24) is 29.4 Å². The minimum absolute atomic E-state index is 0.367. The molecule has 0 spiro atoms. The third kappa shape index (κ3) is 3.19. The first kappa shape index (κ1) is 17.0. The van der Waals surface area contributed by atoms with Crippen LogP contribution >= 0.6 is 0 Å². The molecule has 10 nitrogen and oxygen atoms in total. The minimum Gasteiger partial charge on any atom is -0.495 e. The number of ether oxygens (including phenoxy) is 1. The molecule has 0 amide bonds. The van der Waals surface area contributed by atoms with Gasteiger partial charge in [-0.2, -0.15) is 14.9 Å². The Bertz CT molecular complexity index is 1220. The number of nitrogens with zero attached hydrogens (tertiary/aromatic N) is 7. The van der Waals surface area contributed by atoms with Crippen LogP contribution in [0.15, 0.2) is 43.1 Å². The van der Waals surface area contributed by atoms with Crippen molar-refractivity contribution in [1.29, 1.82) is 5.26 Å². The van der Waals surface area contributed by atoms with Crippen molar-refractivity contribution in [2.24, 2.45) is 0 Å². The Hall–Kier alpha value is -4.13. The smallest absolute Gasteiger partial charge is 0.178 e. The number of nitriles is 1. The van der Waals surface area contributed by atoms with Crippen LogP contribution in [0.25, 0.3) is 11.3 Å². The molecule has 1 fully saturated rings. The molecule has 0 bridgehead atoms. The van der Waals surface area contributed by atoms with Crippen LogP contribution in [0, 0.1) is 11.3 Å². The third-order valence-electron chi connectivity index (χ3n) is 4.65. The van der Waals surface area contributed by atoms with Crippen LogP contribution in [0.1, 0.15) is 18.5 Å². The fourth-order valence-electron chi connectivity index (χ4n) is 3.08. The summed E-state index contributed by atoms with van der Waals surface area (Å²) in [7, 11) is 1.61. The lowest BCUT2D eigenvalue weighted by Crippen LogP contribution is -2.08. The molecule has 3 aromatic heterocycles. The summed E-state index contributed by atoms with van der Waals surface area (Å²) in [4.78, 5) is 8.33. The first-order valence-corrected chi connectivity index (χ1v) is 9.10. The van der Waals surface area contributed by atoms with E-state index in [0.717, 1.165) is 24.2 Å². The summed E-state index contributed by atoms with van der Waals surface area (Å²) >= 11 is 0. The Balaban J connectivity index is 1.57. The molecule has 1 aliphatic rings. The van der Waals surface area contributed by atoms with Crippen LogP contribution < -0.4 is 15.4 Å². The van der Waals surface area contributed by atoms with E-state index in [2.05, 4.69) is 36.9 Å². The van der Waals surface area contributed by atoms with Gasteiger partial charge in [0.2, 0.25) is 0 Å². The molecule has 5 rings (SSSR count). The van der Waals surface area contributed by atoms with E-state index in [1.807, 2.05) is 24.3 Å². The zero-order valence-electron chi connectivity index (χ0n) is 15.6. The molecule has 0 aliphatic heterocycles. The zero-order chi connectivity index (χ0) is 19.8. The number of fused-ring (bicyclic) bond motifs is 1. The minimum atomic E-state index is 0.367. The van der Waals surface area contributed by atoms with Crippen molar-refractivity contribution in [3.8, 4) is 17.5 Å². The van der Waals surface area contributed by atoms with Gasteiger partial charge in [-0.1, -0.05) is 0 Å². The third-order valence-corrected chi connectivity index (χ3v) is 4.65. The van der Waals surface area contributed by atoms with E-state index in [9.17, 15) is 5.26 Å².